The first-order valence-electron chi connectivity index (χ1n) is 7.79. The van der Waals surface area contributed by atoms with Gasteiger partial charge in [0.05, 0.1) is 5.56 Å². The molecule has 0 bridgehead atoms. The molecule has 5 nitrogen and oxygen atoms in total. The van der Waals surface area contributed by atoms with Crippen molar-refractivity contribution in [1.29, 1.82) is 0 Å². The standard InChI is InChI=1S/C17H22FN3O2/c1-11(12-6-4-3-5-7-12)20-17(23)21-13-8-9-15(18)14(10-13)16(22)19-2/h6,8-11H,3-5,7H2,1-2H3,(H,19,22)(H2,20,21,23). The maximum absolute atomic E-state index is 13.6. The molecule has 0 aliphatic heterocycles. The Bertz CT molecular complexity index is 628. The van der Waals surface area contributed by atoms with E-state index in [1.54, 1.807) is 0 Å². The van der Waals surface area contributed by atoms with Gasteiger partial charge in [-0.3, -0.25) is 4.79 Å². The SMILES string of the molecule is CNC(=O)c1cc(NC(=O)NC(C)C2=CCCCC2)ccc1F. The molecule has 1 atom stereocenters. The highest BCUT2D eigenvalue weighted by atomic mass is 19.1. The zero-order chi connectivity index (χ0) is 16.8. The third kappa shape index (κ3) is 4.55. The van der Waals surface area contributed by atoms with Crippen LogP contribution in [0.2, 0.25) is 0 Å². The first kappa shape index (κ1) is 17.0. The maximum Gasteiger partial charge on any atom is 0.319 e. The molecule has 2 rings (SSSR count). The minimum atomic E-state index is -0.629. The van der Waals surface area contributed by atoms with Gasteiger partial charge in [0.15, 0.2) is 0 Å². The van der Waals surface area contributed by atoms with Crippen molar-refractivity contribution in [2.45, 2.75) is 38.6 Å². The molecule has 0 heterocycles. The molecule has 0 spiro atoms. The normalized spacial score (nSPS) is 15.3. The third-order valence-electron chi connectivity index (χ3n) is 3.93. The summed E-state index contributed by atoms with van der Waals surface area (Å²) < 4.78 is 13.6. The fourth-order valence-corrected chi connectivity index (χ4v) is 2.62. The van der Waals surface area contributed by atoms with Gasteiger partial charge >= 0.3 is 6.03 Å². The number of benzene rings is 1. The van der Waals surface area contributed by atoms with Crippen LogP contribution in [0.5, 0.6) is 0 Å². The first-order valence-corrected chi connectivity index (χ1v) is 7.79. The molecule has 1 aromatic carbocycles. The third-order valence-corrected chi connectivity index (χ3v) is 3.93. The molecule has 0 saturated carbocycles. The molecule has 1 aliphatic carbocycles. The lowest BCUT2D eigenvalue weighted by atomic mass is 9.95. The van der Waals surface area contributed by atoms with Crippen molar-refractivity contribution in [2.24, 2.45) is 0 Å². The molecule has 6 heteroatoms. The smallest absolute Gasteiger partial charge is 0.319 e. The van der Waals surface area contributed by atoms with Crippen LogP contribution in [0, 0.1) is 5.82 Å². The predicted molar refractivity (Wildman–Crippen MR) is 88.0 cm³/mol. The lowest BCUT2D eigenvalue weighted by Gasteiger charge is -2.21. The van der Waals surface area contributed by atoms with Gasteiger partial charge in [-0.05, 0) is 50.8 Å². The lowest BCUT2D eigenvalue weighted by Crippen LogP contribution is -2.37. The quantitative estimate of drug-likeness (QED) is 0.746. The topological polar surface area (TPSA) is 70.2 Å². The van der Waals surface area contributed by atoms with E-state index in [1.165, 1.54) is 31.2 Å². The second kappa shape index (κ2) is 7.76. The molecule has 3 amide bonds. The molecule has 0 aromatic heterocycles. The fraction of sp³-hybridized carbons (Fsp3) is 0.412. The Morgan fingerprint density at radius 3 is 2.70 bits per heavy atom. The number of nitrogens with one attached hydrogen (secondary N) is 3. The number of carbonyl (C=O) groups is 2. The second-order valence-electron chi connectivity index (χ2n) is 5.62. The van der Waals surface area contributed by atoms with Crippen molar-refractivity contribution in [1.82, 2.24) is 10.6 Å². The number of carbonyl (C=O) groups excluding carboxylic acids is 2. The zero-order valence-electron chi connectivity index (χ0n) is 13.4. The molecule has 124 valence electrons. The number of hydrogen-bond donors (Lipinski definition) is 3. The lowest BCUT2D eigenvalue weighted by molar-refractivity contribution is 0.0959. The van der Waals surface area contributed by atoms with Crippen molar-refractivity contribution >= 4 is 17.6 Å². The van der Waals surface area contributed by atoms with Gasteiger partial charge in [0, 0.05) is 18.8 Å². The van der Waals surface area contributed by atoms with Crippen LogP contribution < -0.4 is 16.0 Å². The van der Waals surface area contributed by atoms with Gasteiger partial charge in [-0.1, -0.05) is 11.6 Å². The number of anilines is 1. The number of urea groups is 1. The van der Waals surface area contributed by atoms with E-state index < -0.39 is 11.7 Å². The van der Waals surface area contributed by atoms with Crippen LogP contribution in [0.25, 0.3) is 0 Å². The van der Waals surface area contributed by atoms with E-state index in [9.17, 15) is 14.0 Å². The number of hydrogen-bond acceptors (Lipinski definition) is 2. The van der Waals surface area contributed by atoms with Crippen molar-refractivity contribution in [2.75, 3.05) is 12.4 Å². The Balaban J connectivity index is 2.00. The summed E-state index contributed by atoms with van der Waals surface area (Å²) in [6.45, 7) is 1.94. The van der Waals surface area contributed by atoms with E-state index in [4.69, 9.17) is 0 Å². The molecule has 0 saturated heterocycles. The Morgan fingerprint density at radius 2 is 2.04 bits per heavy atom. The summed E-state index contributed by atoms with van der Waals surface area (Å²) >= 11 is 0. The van der Waals surface area contributed by atoms with E-state index in [0.29, 0.717) is 5.69 Å². The van der Waals surface area contributed by atoms with Crippen molar-refractivity contribution in [3.63, 3.8) is 0 Å². The van der Waals surface area contributed by atoms with Gasteiger partial charge < -0.3 is 16.0 Å². The summed E-state index contributed by atoms with van der Waals surface area (Å²) in [7, 11) is 1.42. The van der Waals surface area contributed by atoms with E-state index >= 15 is 0 Å². The largest absolute Gasteiger partial charge is 0.355 e. The monoisotopic (exact) mass is 319 g/mol. The molecule has 3 N–H and O–H groups in total. The Morgan fingerprint density at radius 1 is 1.26 bits per heavy atom. The number of rotatable bonds is 4. The second-order valence-corrected chi connectivity index (χ2v) is 5.62. The van der Waals surface area contributed by atoms with Crippen molar-refractivity contribution < 1.29 is 14.0 Å². The van der Waals surface area contributed by atoms with Crippen LogP contribution >= 0.6 is 0 Å². The maximum atomic E-state index is 13.6. The van der Waals surface area contributed by atoms with E-state index in [2.05, 4.69) is 22.0 Å². The summed E-state index contributed by atoms with van der Waals surface area (Å²) in [6, 6.07) is 3.48. The van der Waals surface area contributed by atoms with Gasteiger partial charge in [0.1, 0.15) is 5.82 Å². The van der Waals surface area contributed by atoms with Crippen LogP contribution in [0.1, 0.15) is 43.0 Å². The number of allylic oxidation sites excluding steroid dienone is 1. The zero-order valence-corrected chi connectivity index (χ0v) is 13.4. The summed E-state index contributed by atoms with van der Waals surface area (Å²) in [4.78, 5) is 23.6. The summed E-state index contributed by atoms with van der Waals surface area (Å²) in [5, 5.41) is 7.86. The molecular weight excluding hydrogens is 297 g/mol. The van der Waals surface area contributed by atoms with Gasteiger partial charge in [0.2, 0.25) is 0 Å². The van der Waals surface area contributed by atoms with Gasteiger partial charge in [-0.25, -0.2) is 9.18 Å². The van der Waals surface area contributed by atoms with E-state index in [-0.39, 0.29) is 17.6 Å². The van der Waals surface area contributed by atoms with Crippen molar-refractivity contribution in [3.8, 4) is 0 Å². The molecular formula is C17H22FN3O2. The fourth-order valence-electron chi connectivity index (χ4n) is 2.62. The van der Waals surface area contributed by atoms with E-state index in [1.807, 2.05) is 6.92 Å². The van der Waals surface area contributed by atoms with Crippen LogP contribution in [-0.2, 0) is 0 Å². The minimum Gasteiger partial charge on any atom is -0.355 e. The summed E-state index contributed by atoms with van der Waals surface area (Å²) in [6.07, 6.45) is 6.57. The highest BCUT2D eigenvalue weighted by molar-refractivity contribution is 5.97. The highest BCUT2D eigenvalue weighted by Gasteiger charge is 2.15. The van der Waals surface area contributed by atoms with Gasteiger partial charge in [-0.2, -0.15) is 0 Å². The summed E-state index contributed by atoms with van der Waals surface area (Å²) in [5.74, 6) is -1.16. The van der Waals surface area contributed by atoms with Gasteiger partial charge in [0.25, 0.3) is 5.91 Å². The minimum absolute atomic E-state index is 0.0471. The average molecular weight is 319 g/mol. The predicted octanol–water partition coefficient (Wildman–Crippen LogP) is 3.20. The number of amides is 3. The molecule has 1 aliphatic rings. The Hall–Kier alpha value is -2.37. The molecule has 23 heavy (non-hydrogen) atoms. The van der Waals surface area contributed by atoms with Gasteiger partial charge in [-0.15, -0.1) is 0 Å². The molecule has 0 radical (unpaired) electrons. The highest BCUT2D eigenvalue weighted by Crippen LogP contribution is 2.20. The van der Waals surface area contributed by atoms with Crippen LogP contribution in [0.15, 0.2) is 29.8 Å². The first-order chi connectivity index (χ1) is 11.0. The summed E-state index contributed by atoms with van der Waals surface area (Å²) in [5.41, 5.74) is 1.50. The van der Waals surface area contributed by atoms with Crippen LogP contribution in [0.3, 0.4) is 0 Å². The average Bonchev–Trinajstić information content (AvgIpc) is 2.56. The Labute approximate surface area is 135 Å². The Kier molecular flexibility index (Phi) is 5.73. The van der Waals surface area contributed by atoms with E-state index in [0.717, 1.165) is 25.3 Å². The van der Waals surface area contributed by atoms with Crippen LogP contribution in [0.4, 0.5) is 14.9 Å². The van der Waals surface area contributed by atoms with Crippen molar-refractivity contribution in [3.05, 3.63) is 41.2 Å². The number of halogens is 1. The molecule has 0 fully saturated rings. The molecule has 1 aromatic rings. The van der Waals surface area contributed by atoms with Crippen LogP contribution in [-0.4, -0.2) is 25.0 Å². The molecule has 1 unspecified atom stereocenters.